The quantitative estimate of drug-likeness (QED) is 0.631. The minimum absolute atomic E-state index is 0.0153. The molecule has 2 rings (SSSR count). The van der Waals surface area contributed by atoms with E-state index in [1.807, 2.05) is 0 Å². The number of carbonyl (C=O) groups excluding carboxylic acids is 2. The largest absolute Gasteiger partial charge is 0.495 e. The smallest absolute Gasteiger partial charge is 0.338 e. The van der Waals surface area contributed by atoms with Crippen LogP contribution in [0.15, 0.2) is 23.1 Å². The first-order chi connectivity index (χ1) is 13.3. The second-order valence-corrected chi connectivity index (χ2v) is 8.72. The van der Waals surface area contributed by atoms with Crippen LogP contribution in [0.2, 0.25) is 0 Å². The second kappa shape index (κ2) is 9.88. The van der Waals surface area contributed by atoms with Crippen molar-refractivity contribution < 1.29 is 27.5 Å². The van der Waals surface area contributed by atoms with Crippen molar-refractivity contribution in [3.8, 4) is 5.75 Å². The number of esters is 1. The molecule has 9 heteroatoms. The molecule has 0 saturated heterocycles. The molecule has 1 unspecified atom stereocenters. The molecule has 156 valence electrons. The van der Waals surface area contributed by atoms with Gasteiger partial charge in [0.25, 0.3) is 5.91 Å². The van der Waals surface area contributed by atoms with E-state index in [1.54, 1.807) is 0 Å². The first-order valence-corrected chi connectivity index (χ1v) is 10.9. The van der Waals surface area contributed by atoms with Crippen LogP contribution in [0.25, 0.3) is 0 Å². The Morgan fingerprint density at radius 1 is 1.21 bits per heavy atom. The third-order valence-electron chi connectivity index (χ3n) is 4.90. The number of carbonyl (C=O) groups is 2. The van der Waals surface area contributed by atoms with E-state index in [0.29, 0.717) is 12.5 Å². The van der Waals surface area contributed by atoms with E-state index in [4.69, 9.17) is 9.47 Å². The van der Waals surface area contributed by atoms with Gasteiger partial charge >= 0.3 is 5.97 Å². The average Bonchev–Trinajstić information content (AvgIpc) is 2.72. The molecule has 1 fully saturated rings. The van der Waals surface area contributed by atoms with Crippen LogP contribution in [0.1, 0.15) is 49.4 Å². The molecule has 0 radical (unpaired) electrons. The van der Waals surface area contributed by atoms with Crippen molar-refractivity contribution in [2.45, 2.75) is 50.0 Å². The van der Waals surface area contributed by atoms with Crippen molar-refractivity contribution in [2.24, 2.45) is 5.92 Å². The van der Waals surface area contributed by atoms with Gasteiger partial charge in [-0.05, 0) is 50.9 Å². The molecule has 28 heavy (non-hydrogen) atoms. The van der Waals surface area contributed by atoms with Crippen LogP contribution in [0.3, 0.4) is 0 Å². The van der Waals surface area contributed by atoms with Crippen LogP contribution < -0.4 is 14.8 Å². The summed E-state index contributed by atoms with van der Waals surface area (Å²) in [5.41, 5.74) is 0.0153. The SMILES string of the molecule is CNS(=O)(=O)c1cc(C(=O)OC(C)C(=O)NCC2CCCCC2)ccc1OC. The Balaban J connectivity index is 2.01. The lowest BCUT2D eigenvalue weighted by molar-refractivity contribution is -0.129. The van der Waals surface area contributed by atoms with Gasteiger partial charge in [-0.1, -0.05) is 19.3 Å². The summed E-state index contributed by atoms with van der Waals surface area (Å²) in [5.74, 6) is -0.577. The number of amides is 1. The number of nitrogens with one attached hydrogen (secondary N) is 2. The molecule has 1 aliphatic carbocycles. The zero-order valence-corrected chi connectivity index (χ0v) is 17.3. The Morgan fingerprint density at radius 3 is 2.50 bits per heavy atom. The Bertz CT molecular complexity index is 803. The lowest BCUT2D eigenvalue weighted by Crippen LogP contribution is -2.38. The monoisotopic (exact) mass is 412 g/mol. The molecule has 1 amide bonds. The minimum atomic E-state index is -3.82. The number of hydrogen-bond donors (Lipinski definition) is 2. The molecular weight excluding hydrogens is 384 g/mol. The zero-order valence-electron chi connectivity index (χ0n) is 16.5. The van der Waals surface area contributed by atoms with E-state index >= 15 is 0 Å². The number of sulfonamides is 1. The van der Waals surface area contributed by atoms with Crippen LogP contribution in [-0.4, -0.2) is 47.1 Å². The van der Waals surface area contributed by atoms with Gasteiger partial charge in [0.15, 0.2) is 6.10 Å². The summed E-state index contributed by atoms with van der Waals surface area (Å²) in [6.07, 6.45) is 4.82. The third-order valence-corrected chi connectivity index (χ3v) is 6.34. The van der Waals surface area contributed by atoms with Gasteiger partial charge in [-0.25, -0.2) is 17.9 Å². The van der Waals surface area contributed by atoms with E-state index < -0.39 is 22.1 Å². The van der Waals surface area contributed by atoms with Crippen LogP contribution in [-0.2, 0) is 19.6 Å². The topological polar surface area (TPSA) is 111 Å². The number of rotatable bonds is 8. The maximum absolute atomic E-state index is 12.4. The summed E-state index contributed by atoms with van der Waals surface area (Å²) in [6, 6.07) is 3.93. The molecule has 1 aromatic carbocycles. The minimum Gasteiger partial charge on any atom is -0.495 e. The fraction of sp³-hybridized carbons (Fsp3) is 0.579. The highest BCUT2D eigenvalue weighted by Gasteiger charge is 2.24. The molecule has 2 N–H and O–H groups in total. The summed E-state index contributed by atoms with van der Waals surface area (Å²) >= 11 is 0. The Hall–Kier alpha value is -2.13. The third kappa shape index (κ3) is 5.68. The van der Waals surface area contributed by atoms with E-state index in [2.05, 4.69) is 10.0 Å². The van der Waals surface area contributed by atoms with E-state index in [1.165, 1.54) is 58.5 Å². The van der Waals surface area contributed by atoms with Crippen molar-refractivity contribution in [2.75, 3.05) is 20.7 Å². The molecule has 1 atom stereocenters. The van der Waals surface area contributed by atoms with Crippen molar-refractivity contribution >= 4 is 21.9 Å². The number of methoxy groups -OCH3 is 1. The van der Waals surface area contributed by atoms with Gasteiger partial charge in [0.05, 0.1) is 12.7 Å². The van der Waals surface area contributed by atoms with Gasteiger partial charge in [0.2, 0.25) is 10.0 Å². The van der Waals surface area contributed by atoms with Crippen molar-refractivity contribution in [1.82, 2.24) is 10.0 Å². The Labute approximate surface area is 166 Å². The number of benzene rings is 1. The van der Waals surface area contributed by atoms with Gasteiger partial charge < -0.3 is 14.8 Å². The highest BCUT2D eigenvalue weighted by molar-refractivity contribution is 7.89. The maximum Gasteiger partial charge on any atom is 0.338 e. The lowest BCUT2D eigenvalue weighted by atomic mass is 9.89. The number of ether oxygens (including phenoxy) is 2. The van der Waals surface area contributed by atoms with Crippen LogP contribution >= 0.6 is 0 Å². The standard InChI is InChI=1S/C19H28N2O6S/c1-13(18(22)21-12-14-7-5-4-6-8-14)27-19(23)15-9-10-16(26-3)17(11-15)28(24,25)20-2/h9-11,13-14,20H,4-8,12H2,1-3H3,(H,21,22). The Kier molecular flexibility index (Phi) is 7.82. The van der Waals surface area contributed by atoms with Crippen LogP contribution in [0, 0.1) is 5.92 Å². The van der Waals surface area contributed by atoms with Gasteiger partial charge in [-0.3, -0.25) is 4.79 Å². The molecule has 0 heterocycles. The van der Waals surface area contributed by atoms with Gasteiger partial charge in [-0.15, -0.1) is 0 Å². The van der Waals surface area contributed by atoms with Crippen molar-refractivity contribution in [3.63, 3.8) is 0 Å². The molecule has 0 bridgehead atoms. The summed E-state index contributed by atoms with van der Waals surface area (Å²) in [4.78, 5) is 24.4. The Morgan fingerprint density at radius 2 is 1.89 bits per heavy atom. The van der Waals surface area contributed by atoms with Gasteiger partial charge in [0.1, 0.15) is 10.6 Å². The molecule has 0 aliphatic heterocycles. The fourth-order valence-corrected chi connectivity index (χ4v) is 4.10. The molecule has 0 spiro atoms. The zero-order chi connectivity index (χ0) is 20.7. The average molecular weight is 413 g/mol. The van der Waals surface area contributed by atoms with Gasteiger partial charge in [-0.2, -0.15) is 0 Å². The second-order valence-electron chi connectivity index (χ2n) is 6.87. The van der Waals surface area contributed by atoms with Crippen LogP contribution in [0.5, 0.6) is 5.75 Å². The summed E-state index contributed by atoms with van der Waals surface area (Å²) in [7, 11) is -1.23. The van der Waals surface area contributed by atoms with Crippen molar-refractivity contribution in [1.29, 1.82) is 0 Å². The van der Waals surface area contributed by atoms with E-state index in [0.717, 1.165) is 12.8 Å². The highest BCUT2D eigenvalue weighted by atomic mass is 32.2. The normalized spacial score (nSPS) is 16.2. The molecule has 1 aliphatic rings. The predicted octanol–water partition coefficient (Wildman–Crippen LogP) is 1.85. The molecular formula is C19H28N2O6S. The molecule has 8 nitrogen and oxygen atoms in total. The highest BCUT2D eigenvalue weighted by Crippen LogP contribution is 2.25. The number of hydrogen-bond acceptors (Lipinski definition) is 6. The van der Waals surface area contributed by atoms with Crippen molar-refractivity contribution in [3.05, 3.63) is 23.8 Å². The molecule has 0 aromatic heterocycles. The molecule has 1 saturated carbocycles. The maximum atomic E-state index is 12.4. The van der Waals surface area contributed by atoms with Gasteiger partial charge in [0, 0.05) is 6.54 Å². The predicted molar refractivity (Wildman–Crippen MR) is 104 cm³/mol. The van der Waals surface area contributed by atoms with E-state index in [-0.39, 0.29) is 22.1 Å². The lowest BCUT2D eigenvalue weighted by Gasteiger charge is -2.22. The first kappa shape index (κ1) is 22.2. The van der Waals surface area contributed by atoms with E-state index in [9.17, 15) is 18.0 Å². The summed E-state index contributed by atoms with van der Waals surface area (Å²) in [5, 5.41) is 2.83. The summed E-state index contributed by atoms with van der Waals surface area (Å²) in [6.45, 7) is 2.07. The van der Waals surface area contributed by atoms with Crippen LogP contribution in [0.4, 0.5) is 0 Å². The summed E-state index contributed by atoms with van der Waals surface area (Å²) < 4.78 is 36.7. The fourth-order valence-electron chi connectivity index (χ4n) is 3.19. The first-order valence-electron chi connectivity index (χ1n) is 9.38. The molecule has 1 aromatic rings.